The smallest absolute Gasteiger partial charge is 0.254 e. The highest BCUT2D eigenvalue weighted by Gasteiger charge is 2.29. The normalized spacial score (nSPS) is 15.8. The number of hydrogen-bond acceptors (Lipinski definition) is 5. The van der Waals surface area contributed by atoms with Crippen molar-refractivity contribution in [2.24, 2.45) is 5.92 Å². The van der Waals surface area contributed by atoms with Gasteiger partial charge in [-0.3, -0.25) is 9.59 Å². The molecule has 1 aromatic carbocycles. The Balaban J connectivity index is 2.06. The van der Waals surface area contributed by atoms with Crippen LogP contribution in [0.2, 0.25) is 0 Å². The summed E-state index contributed by atoms with van der Waals surface area (Å²) in [5.74, 6) is 1.30. The van der Waals surface area contributed by atoms with Crippen molar-refractivity contribution in [1.82, 2.24) is 10.2 Å². The Kier molecular flexibility index (Phi) is 7.33. The molecule has 0 aromatic heterocycles. The van der Waals surface area contributed by atoms with Crippen LogP contribution in [0.25, 0.3) is 0 Å². The maximum Gasteiger partial charge on any atom is 0.254 e. The van der Waals surface area contributed by atoms with Gasteiger partial charge in [-0.2, -0.15) is 0 Å². The Bertz CT molecular complexity index is 643. The van der Waals surface area contributed by atoms with Crippen LogP contribution in [0.1, 0.15) is 43.5 Å². The van der Waals surface area contributed by atoms with Gasteiger partial charge in [-0.25, -0.2) is 0 Å². The second-order valence-electron chi connectivity index (χ2n) is 6.80. The molecule has 1 atom stereocenters. The van der Waals surface area contributed by atoms with E-state index in [-0.39, 0.29) is 23.8 Å². The Morgan fingerprint density at radius 1 is 1.11 bits per heavy atom. The quantitative estimate of drug-likeness (QED) is 0.789. The summed E-state index contributed by atoms with van der Waals surface area (Å²) >= 11 is 0. The lowest BCUT2D eigenvalue weighted by atomic mass is 9.95. The molecule has 2 rings (SSSR count). The fraction of sp³-hybridized carbons (Fsp3) is 0.600. The molecule has 7 nitrogen and oxygen atoms in total. The number of hydrogen-bond donors (Lipinski definition) is 1. The molecule has 1 saturated heterocycles. The van der Waals surface area contributed by atoms with E-state index in [1.165, 1.54) is 21.3 Å². The molecular weight excluding hydrogens is 348 g/mol. The van der Waals surface area contributed by atoms with E-state index in [1.807, 2.05) is 13.8 Å². The molecule has 0 spiro atoms. The van der Waals surface area contributed by atoms with Crippen LogP contribution in [0.5, 0.6) is 17.2 Å². The zero-order chi connectivity index (χ0) is 20.0. The summed E-state index contributed by atoms with van der Waals surface area (Å²) in [4.78, 5) is 27.0. The van der Waals surface area contributed by atoms with Gasteiger partial charge in [0.05, 0.1) is 21.3 Å². The molecule has 1 aliphatic rings. The van der Waals surface area contributed by atoms with E-state index in [2.05, 4.69) is 5.32 Å². The van der Waals surface area contributed by atoms with Crippen LogP contribution in [0.4, 0.5) is 0 Å². The first-order valence-electron chi connectivity index (χ1n) is 9.34. The zero-order valence-corrected chi connectivity index (χ0v) is 16.8. The molecule has 0 saturated carbocycles. The Labute approximate surface area is 161 Å². The van der Waals surface area contributed by atoms with Gasteiger partial charge in [0.2, 0.25) is 11.7 Å². The number of rotatable bonds is 7. The minimum atomic E-state index is -0.102. The first kappa shape index (κ1) is 20.9. The fourth-order valence-electron chi connectivity index (χ4n) is 3.19. The Morgan fingerprint density at radius 2 is 1.67 bits per heavy atom. The van der Waals surface area contributed by atoms with E-state index in [9.17, 15) is 9.59 Å². The van der Waals surface area contributed by atoms with Crippen molar-refractivity contribution in [1.29, 1.82) is 0 Å². The molecule has 27 heavy (non-hydrogen) atoms. The van der Waals surface area contributed by atoms with Gasteiger partial charge in [0.15, 0.2) is 11.5 Å². The van der Waals surface area contributed by atoms with E-state index in [0.717, 1.165) is 6.42 Å². The van der Waals surface area contributed by atoms with E-state index < -0.39 is 0 Å². The summed E-state index contributed by atoms with van der Waals surface area (Å²) in [6.45, 7) is 5.15. The fourth-order valence-corrected chi connectivity index (χ4v) is 3.19. The Morgan fingerprint density at radius 3 is 2.11 bits per heavy atom. The lowest BCUT2D eigenvalue weighted by molar-refractivity contribution is -0.126. The SMILES string of the molecule is CC[C@H](C)NC(=O)C1CCN(C(=O)c2cc(OC)c(OC)c(OC)c2)CC1. The van der Waals surface area contributed by atoms with Gasteiger partial charge in [0, 0.05) is 30.6 Å². The predicted molar refractivity (Wildman–Crippen MR) is 103 cm³/mol. The summed E-state index contributed by atoms with van der Waals surface area (Å²) in [7, 11) is 4.57. The third-order valence-electron chi connectivity index (χ3n) is 5.07. The van der Waals surface area contributed by atoms with Crippen molar-refractivity contribution < 1.29 is 23.8 Å². The Hall–Kier alpha value is -2.44. The highest BCUT2D eigenvalue weighted by molar-refractivity contribution is 5.96. The highest BCUT2D eigenvalue weighted by atomic mass is 16.5. The summed E-state index contributed by atoms with van der Waals surface area (Å²) in [6, 6.07) is 3.49. The minimum Gasteiger partial charge on any atom is -0.493 e. The zero-order valence-electron chi connectivity index (χ0n) is 16.8. The van der Waals surface area contributed by atoms with Crippen LogP contribution in [0, 0.1) is 5.92 Å². The van der Waals surface area contributed by atoms with E-state index in [1.54, 1.807) is 17.0 Å². The second kappa shape index (κ2) is 9.48. The summed E-state index contributed by atoms with van der Waals surface area (Å²) in [6.07, 6.45) is 2.24. The topological polar surface area (TPSA) is 77.1 Å². The second-order valence-corrected chi connectivity index (χ2v) is 6.80. The van der Waals surface area contributed by atoms with Crippen molar-refractivity contribution in [2.75, 3.05) is 34.4 Å². The number of ether oxygens (including phenoxy) is 3. The number of methoxy groups -OCH3 is 3. The van der Waals surface area contributed by atoms with Gasteiger partial charge < -0.3 is 24.4 Å². The van der Waals surface area contributed by atoms with Crippen LogP contribution >= 0.6 is 0 Å². The van der Waals surface area contributed by atoms with Crippen molar-refractivity contribution in [3.63, 3.8) is 0 Å². The molecule has 1 aromatic rings. The van der Waals surface area contributed by atoms with Crippen LogP contribution in [0.3, 0.4) is 0 Å². The molecule has 0 unspecified atom stereocenters. The lowest BCUT2D eigenvalue weighted by Gasteiger charge is -2.32. The van der Waals surface area contributed by atoms with Gasteiger partial charge in [0.1, 0.15) is 0 Å². The van der Waals surface area contributed by atoms with E-state index in [0.29, 0.717) is 48.7 Å². The van der Waals surface area contributed by atoms with Gasteiger partial charge in [-0.05, 0) is 38.3 Å². The van der Waals surface area contributed by atoms with Crippen molar-refractivity contribution >= 4 is 11.8 Å². The maximum absolute atomic E-state index is 12.9. The third-order valence-corrected chi connectivity index (χ3v) is 5.07. The summed E-state index contributed by atoms with van der Waals surface area (Å²) in [5, 5.41) is 3.03. The van der Waals surface area contributed by atoms with Crippen molar-refractivity contribution in [2.45, 2.75) is 39.2 Å². The number of carbonyl (C=O) groups is 2. The summed E-state index contributed by atoms with van der Waals surface area (Å²) < 4.78 is 15.9. The van der Waals surface area contributed by atoms with E-state index >= 15 is 0 Å². The maximum atomic E-state index is 12.9. The monoisotopic (exact) mass is 378 g/mol. The van der Waals surface area contributed by atoms with Crippen LogP contribution in [-0.2, 0) is 4.79 Å². The number of amides is 2. The molecule has 1 heterocycles. The van der Waals surface area contributed by atoms with Crippen LogP contribution < -0.4 is 19.5 Å². The van der Waals surface area contributed by atoms with Gasteiger partial charge in [0.25, 0.3) is 5.91 Å². The molecule has 1 N–H and O–H groups in total. The molecular formula is C20H30N2O5. The van der Waals surface area contributed by atoms with Crippen LogP contribution in [0.15, 0.2) is 12.1 Å². The van der Waals surface area contributed by atoms with Gasteiger partial charge in [-0.15, -0.1) is 0 Å². The molecule has 0 aliphatic carbocycles. The third kappa shape index (κ3) is 4.84. The van der Waals surface area contributed by atoms with Gasteiger partial charge in [-0.1, -0.05) is 6.92 Å². The number of benzene rings is 1. The molecule has 1 aliphatic heterocycles. The molecule has 7 heteroatoms. The molecule has 150 valence electrons. The number of likely N-dealkylation sites (tertiary alicyclic amines) is 1. The highest BCUT2D eigenvalue weighted by Crippen LogP contribution is 2.38. The predicted octanol–water partition coefficient (Wildman–Crippen LogP) is 2.48. The average Bonchev–Trinajstić information content (AvgIpc) is 2.71. The van der Waals surface area contributed by atoms with Crippen molar-refractivity contribution in [3.05, 3.63) is 17.7 Å². The molecule has 0 radical (unpaired) electrons. The molecule has 2 amide bonds. The average molecular weight is 378 g/mol. The lowest BCUT2D eigenvalue weighted by Crippen LogP contribution is -2.44. The first-order chi connectivity index (χ1) is 12.9. The minimum absolute atomic E-state index is 0.0389. The largest absolute Gasteiger partial charge is 0.493 e. The molecule has 0 bridgehead atoms. The first-order valence-corrected chi connectivity index (χ1v) is 9.34. The standard InChI is InChI=1S/C20H30N2O5/c1-6-13(2)21-19(23)14-7-9-22(10-8-14)20(24)15-11-16(25-3)18(27-5)17(12-15)26-4/h11-14H,6-10H2,1-5H3,(H,21,23)/t13-/m0/s1. The number of nitrogens with zero attached hydrogens (tertiary/aromatic N) is 1. The van der Waals surface area contributed by atoms with Crippen molar-refractivity contribution in [3.8, 4) is 17.2 Å². The van der Waals surface area contributed by atoms with Crippen LogP contribution in [-0.4, -0.2) is 57.2 Å². The summed E-state index contributed by atoms with van der Waals surface area (Å²) in [5.41, 5.74) is 0.479. The van der Waals surface area contributed by atoms with Gasteiger partial charge >= 0.3 is 0 Å². The number of carbonyl (C=O) groups excluding carboxylic acids is 2. The number of nitrogens with one attached hydrogen (secondary N) is 1. The number of piperidine rings is 1. The molecule has 1 fully saturated rings. The van der Waals surface area contributed by atoms with E-state index in [4.69, 9.17) is 14.2 Å².